The van der Waals surface area contributed by atoms with E-state index in [0.29, 0.717) is 16.2 Å². The van der Waals surface area contributed by atoms with Gasteiger partial charge in [-0.1, -0.05) is 84.9 Å². The fourth-order valence-corrected chi connectivity index (χ4v) is 5.71. The molecule has 0 amide bonds. The van der Waals surface area contributed by atoms with E-state index in [1.807, 2.05) is 24.3 Å². The van der Waals surface area contributed by atoms with E-state index in [-0.39, 0.29) is 0 Å². The molecule has 7 rings (SSSR count). The SMILES string of the molecule is OB(O)c1c2ccccc2c(-c2ccc3ccc4cccc5ccc2c3c45)c2ccc(F)cc12. The Kier molecular flexibility index (Phi) is 4.01. The van der Waals surface area contributed by atoms with Crippen molar-refractivity contribution in [2.75, 3.05) is 0 Å². The van der Waals surface area contributed by atoms with E-state index in [4.69, 9.17) is 0 Å². The molecule has 0 aromatic heterocycles. The third-order valence-electron chi connectivity index (χ3n) is 7.08. The van der Waals surface area contributed by atoms with Crippen molar-refractivity contribution in [3.63, 3.8) is 0 Å². The fourth-order valence-electron chi connectivity index (χ4n) is 5.71. The molecule has 0 spiro atoms. The van der Waals surface area contributed by atoms with Crippen LogP contribution in [0.25, 0.3) is 65.0 Å². The molecule has 0 bridgehead atoms. The quantitative estimate of drug-likeness (QED) is 0.186. The predicted octanol–water partition coefficient (Wildman–Crippen LogP) is 6.38. The number of fused-ring (bicyclic) bond motifs is 2. The molecule has 2 N–H and O–H groups in total. The topological polar surface area (TPSA) is 40.5 Å². The van der Waals surface area contributed by atoms with E-state index in [2.05, 4.69) is 54.6 Å². The highest BCUT2D eigenvalue weighted by Gasteiger charge is 2.24. The highest BCUT2D eigenvalue weighted by Crippen LogP contribution is 2.43. The first-order valence-electron chi connectivity index (χ1n) is 11.3. The average molecular weight is 440 g/mol. The zero-order valence-electron chi connectivity index (χ0n) is 18.1. The van der Waals surface area contributed by atoms with Crippen molar-refractivity contribution in [2.45, 2.75) is 0 Å². The first kappa shape index (κ1) is 19.5. The summed E-state index contributed by atoms with van der Waals surface area (Å²) in [4.78, 5) is 0. The lowest BCUT2D eigenvalue weighted by Gasteiger charge is -2.19. The normalized spacial score (nSPS) is 12.0. The van der Waals surface area contributed by atoms with Crippen LogP contribution in [0.1, 0.15) is 0 Å². The van der Waals surface area contributed by atoms with Gasteiger partial charge in [-0.2, -0.15) is 0 Å². The lowest BCUT2D eigenvalue weighted by molar-refractivity contribution is 0.426. The fraction of sp³-hybridized carbons (Fsp3) is 0. The van der Waals surface area contributed by atoms with Gasteiger partial charge in [-0.15, -0.1) is 0 Å². The van der Waals surface area contributed by atoms with Crippen LogP contribution in [0, 0.1) is 5.82 Å². The Balaban J connectivity index is 1.73. The number of benzene rings is 7. The summed E-state index contributed by atoms with van der Waals surface area (Å²) in [5, 5.41) is 30.6. The second-order valence-corrected chi connectivity index (χ2v) is 8.87. The van der Waals surface area contributed by atoms with Crippen LogP contribution in [0.5, 0.6) is 0 Å². The summed E-state index contributed by atoms with van der Waals surface area (Å²) in [5.74, 6) is -0.411. The highest BCUT2D eigenvalue weighted by molar-refractivity contribution is 6.66. The molecule has 0 saturated heterocycles. The molecule has 7 aromatic carbocycles. The molecule has 0 radical (unpaired) electrons. The van der Waals surface area contributed by atoms with Crippen LogP contribution in [-0.4, -0.2) is 17.2 Å². The molecule has 0 aliphatic rings. The van der Waals surface area contributed by atoms with Gasteiger partial charge in [0.2, 0.25) is 0 Å². The Labute approximate surface area is 195 Å². The maximum absolute atomic E-state index is 14.4. The summed E-state index contributed by atoms with van der Waals surface area (Å²) in [6, 6.07) is 31.5. The van der Waals surface area contributed by atoms with Gasteiger partial charge >= 0.3 is 7.12 Å². The van der Waals surface area contributed by atoms with Crippen molar-refractivity contribution in [2.24, 2.45) is 0 Å². The van der Waals surface area contributed by atoms with Crippen molar-refractivity contribution >= 4 is 66.4 Å². The summed E-state index contributed by atoms with van der Waals surface area (Å²) in [6.45, 7) is 0. The first-order valence-corrected chi connectivity index (χ1v) is 11.3. The molecular weight excluding hydrogens is 422 g/mol. The number of hydrogen-bond acceptors (Lipinski definition) is 2. The molecule has 2 nitrogen and oxygen atoms in total. The van der Waals surface area contributed by atoms with Gasteiger partial charge in [-0.25, -0.2) is 4.39 Å². The van der Waals surface area contributed by atoms with E-state index >= 15 is 0 Å². The molecule has 160 valence electrons. The summed E-state index contributed by atoms with van der Waals surface area (Å²) < 4.78 is 14.4. The van der Waals surface area contributed by atoms with Gasteiger partial charge in [0.25, 0.3) is 0 Å². The zero-order valence-corrected chi connectivity index (χ0v) is 18.1. The molecule has 0 unspecified atom stereocenters. The van der Waals surface area contributed by atoms with Crippen molar-refractivity contribution in [1.82, 2.24) is 0 Å². The molecule has 34 heavy (non-hydrogen) atoms. The zero-order chi connectivity index (χ0) is 23.0. The van der Waals surface area contributed by atoms with Crippen molar-refractivity contribution in [3.8, 4) is 11.1 Å². The number of halogens is 1. The van der Waals surface area contributed by atoms with Gasteiger partial charge in [-0.3, -0.25) is 0 Å². The van der Waals surface area contributed by atoms with Gasteiger partial charge in [0.15, 0.2) is 0 Å². The van der Waals surface area contributed by atoms with Gasteiger partial charge in [0.1, 0.15) is 5.82 Å². The number of rotatable bonds is 2. The van der Waals surface area contributed by atoms with Crippen LogP contribution in [0.4, 0.5) is 4.39 Å². The molecule has 0 fully saturated rings. The molecule has 0 heterocycles. The van der Waals surface area contributed by atoms with Gasteiger partial charge in [0, 0.05) is 0 Å². The molecule has 4 heteroatoms. The summed E-state index contributed by atoms with van der Waals surface area (Å²) in [7, 11) is -1.72. The number of hydrogen-bond donors (Lipinski definition) is 2. The monoisotopic (exact) mass is 440 g/mol. The Bertz CT molecular complexity index is 1890. The molecule has 0 aliphatic carbocycles. The van der Waals surface area contributed by atoms with Crippen molar-refractivity contribution in [1.29, 1.82) is 0 Å². The van der Waals surface area contributed by atoms with Gasteiger partial charge in [0.05, 0.1) is 0 Å². The van der Waals surface area contributed by atoms with Crippen molar-refractivity contribution in [3.05, 3.63) is 103 Å². The van der Waals surface area contributed by atoms with Crippen LogP contribution < -0.4 is 5.46 Å². The van der Waals surface area contributed by atoms with Crippen LogP contribution in [-0.2, 0) is 0 Å². The van der Waals surface area contributed by atoms with Crippen LogP contribution in [0.15, 0.2) is 97.1 Å². The highest BCUT2D eigenvalue weighted by atomic mass is 19.1. The van der Waals surface area contributed by atoms with Gasteiger partial charge in [-0.05, 0) is 82.6 Å². The van der Waals surface area contributed by atoms with Gasteiger partial charge < -0.3 is 10.0 Å². The maximum Gasteiger partial charge on any atom is 0.489 e. The summed E-state index contributed by atoms with van der Waals surface area (Å²) >= 11 is 0. The molecule has 7 aromatic rings. The summed E-state index contributed by atoms with van der Waals surface area (Å²) in [6.07, 6.45) is 0. The average Bonchev–Trinajstić information content (AvgIpc) is 2.85. The second kappa shape index (κ2) is 7.01. The van der Waals surface area contributed by atoms with Crippen LogP contribution >= 0.6 is 0 Å². The first-order chi connectivity index (χ1) is 16.6. The van der Waals surface area contributed by atoms with E-state index < -0.39 is 12.9 Å². The van der Waals surface area contributed by atoms with Crippen LogP contribution in [0.2, 0.25) is 0 Å². The lowest BCUT2D eigenvalue weighted by atomic mass is 9.72. The lowest BCUT2D eigenvalue weighted by Crippen LogP contribution is -2.31. The summed E-state index contributed by atoms with van der Waals surface area (Å²) in [5.41, 5.74) is 2.33. The Morgan fingerprint density at radius 3 is 1.91 bits per heavy atom. The smallest absolute Gasteiger partial charge is 0.423 e. The minimum absolute atomic E-state index is 0.326. The van der Waals surface area contributed by atoms with Crippen molar-refractivity contribution < 1.29 is 14.4 Å². The predicted molar refractivity (Wildman–Crippen MR) is 140 cm³/mol. The maximum atomic E-state index is 14.4. The molecule has 0 atom stereocenters. The molecular formula is C30H18BFO2. The Hall–Kier alpha value is -3.99. The molecule has 0 aliphatic heterocycles. The van der Waals surface area contributed by atoms with E-state index in [1.54, 1.807) is 6.07 Å². The minimum Gasteiger partial charge on any atom is -0.423 e. The molecule has 0 saturated carbocycles. The standard InChI is InChI=1S/C30H18BFO2/c32-20-12-15-24-26(16-20)30(31(33)34)25-7-2-1-6-21(25)29(24)23-14-11-19-9-8-17-4-3-5-18-10-13-22(23)28(19)27(17)18/h1-16,33-34H. The van der Waals surface area contributed by atoms with E-state index in [1.165, 1.54) is 39.1 Å². The Morgan fingerprint density at radius 1 is 0.529 bits per heavy atom. The van der Waals surface area contributed by atoms with E-state index in [0.717, 1.165) is 27.3 Å². The minimum atomic E-state index is -1.72. The second-order valence-electron chi connectivity index (χ2n) is 8.87. The third-order valence-corrected chi connectivity index (χ3v) is 7.08. The largest absolute Gasteiger partial charge is 0.489 e. The van der Waals surface area contributed by atoms with Crippen LogP contribution in [0.3, 0.4) is 0 Å². The third kappa shape index (κ3) is 2.58. The van der Waals surface area contributed by atoms with E-state index in [9.17, 15) is 14.4 Å². The Morgan fingerprint density at radius 2 is 1.15 bits per heavy atom.